The number of urea groups is 1. The van der Waals surface area contributed by atoms with Gasteiger partial charge < -0.3 is 16.0 Å². The van der Waals surface area contributed by atoms with Gasteiger partial charge in [0.15, 0.2) is 0 Å². The van der Waals surface area contributed by atoms with Crippen molar-refractivity contribution in [3.8, 4) is 0 Å². The van der Waals surface area contributed by atoms with Crippen molar-refractivity contribution in [1.29, 1.82) is 0 Å². The Bertz CT molecular complexity index is 668. The molecule has 6 nitrogen and oxygen atoms in total. The first-order valence-electron chi connectivity index (χ1n) is 9.78. The van der Waals surface area contributed by atoms with E-state index in [9.17, 15) is 9.59 Å². The van der Waals surface area contributed by atoms with Crippen LogP contribution in [0.1, 0.15) is 50.5 Å². The van der Waals surface area contributed by atoms with Crippen LogP contribution in [0, 0.1) is 24.7 Å². The van der Waals surface area contributed by atoms with Crippen molar-refractivity contribution in [2.75, 3.05) is 11.9 Å². The smallest absolute Gasteiger partial charge is 0.315 e. The lowest BCUT2D eigenvalue weighted by Gasteiger charge is -2.56. The maximum atomic E-state index is 12.4. The van der Waals surface area contributed by atoms with E-state index in [1.807, 2.05) is 13.0 Å². The number of amides is 3. The van der Waals surface area contributed by atoms with Gasteiger partial charge in [0.2, 0.25) is 5.91 Å². The molecule has 1 aromatic heterocycles. The number of carbonyl (C=O) groups is 2. The molecule has 4 fully saturated rings. The standard InChI is InChI=1S/C20H28N4O2/c1-13-2-4-21-12-17(13)23-18(25)3-5-22-19(26)24-20-9-14-6-15(10-20)8-16(7-14)11-20/h2,4,12,14-16H,3,5-11H2,1H3,(H,23,25)(H2,22,24,26). The molecule has 0 spiro atoms. The summed E-state index contributed by atoms with van der Waals surface area (Å²) in [6, 6.07) is 1.73. The summed E-state index contributed by atoms with van der Waals surface area (Å²) in [6.07, 6.45) is 11.1. The Hall–Kier alpha value is -2.11. The molecule has 5 rings (SSSR count). The highest BCUT2D eigenvalue weighted by molar-refractivity contribution is 5.91. The van der Waals surface area contributed by atoms with E-state index in [1.54, 1.807) is 12.4 Å². The van der Waals surface area contributed by atoms with E-state index in [0.717, 1.165) is 48.3 Å². The molecular weight excluding hydrogens is 328 g/mol. The number of aryl methyl sites for hydroxylation is 1. The molecule has 0 atom stereocenters. The van der Waals surface area contributed by atoms with Gasteiger partial charge in [-0.15, -0.1) is 0 Å². The molecule has 4 aliphatic rings. The first-order chi connectivity index (χ1) is 12.5. The van der Waals surface area contributed by atoms with Crippen molar-refractivity contribution < 1.29 is 9.59 Å². The van der Waals surface area contributed by atoms with Crippen molar-refractivity contribution in [3.63, 3.8) is 0 Å². The van der Waals surface area contributed by atoms with Gasteiger partial charge in [0.25, 0.3) is 0 Å². The number of pyridine rings is 1. The second-order valence-electron chi connectivity index (χ2n) is 8.57. The summed E-state index contributed by atoms with van der Waals surface area (Å²) in [7, 11) is 0. The lowest BCUT2D eigenvalue weighted by Crippen LogP contribution is -2.61. The van der Waals surface area contributed by atoms with E-state index in [2.05, 4.69) is 20.9 Å². The van der Waals surface area contributed by atoms with E-state index < -0.39 is 0 Å². The van der Waals surface area contributed by atoms with Crippen LogP contribution >= 0.6 is 0 Å². The summed E-state index contributed by atoms with van der Waals surface area (Å²) in [5, 5.41) is 8.97. The molecular formula is C20H28N4O2. The molecule has 4 bridgehead atoms. The quantitative estimate of drug-likeness (QED) is 0.758. The summed E-state index contributed by atoms with van der Waals surface area (Å²) in [5.41, 5.74) is 1.70. The monoisotopic (exact) mass is 356 g/mol. The summed E-state index contributed by atoms with van der Waals surface area (Å²) in [6.45, 7) is 2.26. The van der Waals surface area contributed by atoms with Crippen LogP contribution in [-0.4, -0.2) is 29.0 Å². The highest BCUT2D eigenvalue weighted by Gasteiger charge is 2.51. The number of rotatable bonds is 5. The number of hydrogen-bond acceptors (Lipinski definition) is 3. The van der Waals surface area contributed by atoms with Crippen LogP contribution < -0.4 is 16.0 Å². The molecule has 26 heavy (non-hydrogen) atoms. The molecule has 0 radical (unpaired) electrons. The van der Waals surface area contributed by atoms with Crippen LogP contribution in [0.25, 0.3) is 0 Å². The van der Waals surface area contributed by atoms with E-state index in [1.165, 1.54) is 19.3 Å². The van der Waals surface area contributed by atoms with Crippen molar-refractivity contribution in [2.45, 2.75) is 57.4 Å². The molecule has 0 aliphatic heterocycles. The minimum absolute atomic E-state index is 0.00785. The highest BCUT2D eigenvalue weighted by atomic mass is 16.2. The van der Waals surface area contributed by atoms with Gasteiger partial charge in [-0.1, -0.05) is 0 Å². The minimum atomic E-state index is -0.127. The van der Waals surface area contributed by atoms with Gasteiger partial charge in [-0.25, -0.2) is 4.79 Å². The summed E-state index contributed by atoms with van der Waals surface area (Å²) >= 11 is 0. The average molecular weight is 356 g/mol. The Labute approximate surface area is 154 Å². The topological polar surface area (TPSA) is 83.1 Å². The highest BCUT2D eigenvalue weighted by Crippen LogP contribution is 2.55. The number of carbonyl (C=O) groups excluding carboxylic acids is 2. The van der Waals surface area contributed by atoms with Gasteiger partial charge in [-0.05, 0) is 74.8 Å². The van der Waals surface area contributed by atoms with Crippen LogP contribution in [-0.2, 0) is 4.79 Å². The number of nitrogens with one attached hydrogen (secondary N) is 3. The molecule has 4 saturated carbocycles. The molecule has 6 heteroatoms. The summed E-state index contributed by atoms with van der Waals surface area (Å²) in [4.78, 5) is 28.4. The SMILES string of the molecule is Cc1ccncc1NC(=O)CCNC(=O)NC12CC3CC(CC(C3)C1)C2. The third kappa shape index (κ3) is 3.69. The van der Waals surface area contributed by atoms with Gasteiger partial charge in [0.1, 0.15) is 0 Å². The Morgan fingerprint density at radius 1 is 1.15 bits per heavy atom. The van der Waals surface area contributed by atoms with Gasteiger partial charge >= 0.3 is 6.03 Å². The Morgan fingerprint density at radius 3 is 2.42 bits per heavy atom. The molecule has 3 amide bonds. The van der Waals surface area contributed by atoms with Gasteiger partial charge in [-0.2, -0.15) is 0 Å². The first kappa shape index (κ1) is 17.3. The largest absolute Gasteiger partial charge is 0.338 e. The van der Waals surface area contributed by atoms with Crippen LogP contribution in [0.3, 0.4) is 0 Å². The maximum Gasteiger partial charge on any atom is 0.315 e. The Kier molecular flexibility index (Phi) is 4.59. The first-order valence-corrected chi connectivity index (χ1v) is 9.78. The average Bonchev–Trinajstić information content (AvgIpc) is 2.55. The normalized spacial score (nSPS) is 31.5. The predicted molar refractivity (Wildman–Crippen MR) is 99.7 cm³/mol. The minimum Gasteiger partial charge on any atom is -0.338 e. The van der Waals surface area contributed by atoms with E-state index >= 15 is 0 Å². The van der Waals surface area contributed by atoms with Crippen LogP contribution in [0.15, 0.2) is 18.5 Å². The van der Waals surface area contributed by atoms with Crippen molar-refractivity contribution in [1.82, 2.24) is 15.6 Å². The lowest BCUT2D eigenvalue weighted by molar-refractivity contribution is -0.116. The third-order valence-electron chi connectivity index (χ3n) is 6.37. The zero-order valence-electron chi connectivity index (χ0n) is 15.4. The predicted octanol–water partition coefficient (Wildman–Crippen LogP) is 2.99. The summed E-state index contributed by atoms with van der Waals surface area (Å²) < 4.78 is 0. The fraction of sp³-hybridized carbons (Fsp3) is 0.650. The molecule has 1 aromatic rings. The molecule has 0 unspecified atom stereocenters. The molecule has 0 saturated heterocycles. The van der Waals surface area contributed by atoms with Crippen molar-refractivity contribution in [2.24, 2.45) is 17.8 Å². The molecule has 4 aliphatic carbocycles. The number of anilines is 1. The second kappa shape index (κ2) is 6.89. The van der Waals surface area contributed by atoms with Gasteiger partial charge in [-0.3, -0.25) is 9.78 Å². The second-order valence-corrected chi connectivity index (χ2v) is 8.57. The van der Waals surface area contributed by atoms with E-state index in [4.69, 9.17) is 0 Å². The number of nitrogens with zero attached hydrogens (tertiary/aromatic N) is 1. The molecule has 0 aromatic carbocycles. The van der Waals surface area contributed by atoms with Gasteiger partial charge in [0, 0.05) is 24.7 Å². The summed E-state index contributed by atoms with van der Waals surface area (Å²) in [5.74, 6) is 2.29. The zero-order chi connectivity index (χ0) is 18.1. The van der Waals surface area contributed by atoms with Crippen LogP contribution in [0.4, 0.5) is 10.5 Å². The molecule has 3 N–H and O–H groups in total. The number of aromatic nitrogens is 1. The van der Waals surface area contributed by atoms with Crippen LogP contribution in [0.2, 0.25) is 0 Å². The van der Waals surface area contributed by atoms with Gasteiger partial charge in [0.05, 0.1) is 11.9 Å². The van der Waals surface area contributed by atoms with E-state index in [0.29, 0.717) is 6.54 Å². The number of hydrogen-bond donors (Lipinski definition) is 3. The van der Waals surface area contributed by atoms with E-state index in [-0.39, 0.29) is 23.9 Å². The molecule has 140 valence electrons. The van der Waals surface area contributed by atoms with Crippen molar-refractivity contribution in [3.05, 3.63) is 24.0 Å². The Morgan fingerprint density at radius 2 is 1.81 bits per heavy atom. The zero-order valence-corrected chi connectivity index (χ0v) is 15.4. The van der Waals surface area contributed by atoms with Crippen molar-refractivity contribution >= 4 is 17.6 Å². The third-order valence-corrected chi connectivity index (χ3v) is 6.37. The molecule has 1 heterocycles. The fourth-order valence-electron chi connectivity index (χ4n) is 5.65. The van der Waals surface area contributed by atoms with Crippen LogP contribution in [0.5, 0.6) is 0 Å². The Balaban J connectivity index is 1.22. The maximum absolute atomic E-state index is 12.4. The lowest BCUT2D eigenvalue weighted by atomic mass is 9.53. The fourth-order valence-corrected chi connectivity index (χ4v) is 5.65.